The summed E-state index contributed by atoms with van der Waals surface area (Å²) >= 11 is 1.42. The molecule has 0 spiro atoms. The van der Waals surface area contributed by atoms with Crippen LogP contribution in [0.2, 0.25) is 0 Å². The monoisotopic (exact) mass is 535 g/mol. The van der Waals surface area contributed by atoms with E-state index in [-0.39, 0.29) is 18.3 Å². The van der Waals surface area contributed by atoms with Gasteiger partial charge in [-0.2, -0.15) is 0 Å². The van der Waals surface area contributed by atoms with Gasteiger partial charge in [-0.25, -0.2) is 4.98 Å². The fraction of sp³-hybridized carbons (Fsp3) is 0.440. The van der Waals surface area contributed by atoms with Crippen molar-refractivity contribution in [2.45, 2.75) is 6.42 Å². The molecule has 36 heavy (non-hydrogen) atoms. The van der Waals surface area contributed by atoms with Crippen LogP contribution in [0.15, 0.2) is 30.3 Å². The van der Waals surface area contributed by atoms with Gasteiger partial charge in [-0.3, -0.25) is 14.6 Å². The Balaban J connectivity index is 0.00000304. The summed E-state index contributed by atoms with van der Waals surface area (Å²) < 4.78 is 28.7. The number of methoxy groups -OCH3 is 2. The molecule has 11 heteroatoms. The molecule has 2 aliphatic rings. The smallest absolute Gasteiger partial charge is 0.260 e. The normalized spacial score (nSPS) is 15.3. The van der Waals surface area contributed by atoms with E-state index in [2.05, 4.69) is 4.90 Å². The van der Waals surface area contributed by atoms with Crippen molar-refractivity contribution in [3.63, 3.8) is 0 Å². The fourth-order valence-electron chi connectivity index (χ4n) is 4.28. The summed E-state index contributed by atoms with van der Waals surface area (Å²) in [5, 5.41) is 0.602. The van der Waals surface area contributed by atoms with Crippen molar-refractivity contribution >= 4 is 45.0 Å². The van der Waals surface area contributed by atoms with Crippen LogP contribution in [0.3, 0.4) is 0 Å². The second-order valence-corrected chi connectivity index (χ2v) is 9.24. The third-order valence-corrected chi connectivity index (χ3v) is 7.22. The molecule has 3 heterocycles. The highest BCUT2D eigenvalue weighted by atomic mass is 35.5. The molecule has 1 amide bonds. The Morgan fingerprint density at radius 1 is 1.03 bits per heavy atom. The molecule has 1 saturated heterocycles. The Kier molecular flexibility index (Phi) is 8.73. The predicted octanol–water partition coefficient (Wildman–Crippen LogP) is 3.88. The van der Waals surface area contributed by atoms with Crippen LogP contribution in [0.5, 0.6) is 23.0 Å². The quantitative estimate of drug-likeness (QED) is 0.430. The number of hydrogen-bond acceptors (Lipinski definition) is 9. The van der Waals surface area contributed by atoms with Crippen molar-refractivity contribution in [3.8, 4) is 23.0 Å². The van der Waals surface area contributed by atoms with E-state index in [0.29, 0.717) is 59.0 Å². The number of fused-ring (bicyclic) bond motifs is 2. The molecule has 2 aliphatic heterocycles. The molecule has 0 saturated carbocycles. The van der Waals surface area contributed by atoms with Gasteiger partial charge in [-0.05, 0) is 36.8 Å². The van der Waals surface area contributed by atoms with Crippen LogP contribution < -0.4 is 23.8 Å². The van der Waals surface area contributed by atoms with E-state index in [0.717, 1.165) is 44.0 Å². The maximum Gasteiger partial charge on any atom is 0.260 e. The first-order valence-corrected chi connectivity index (χ1v) is 12.5. The minimum atomic E-state index is -0.138. The van der Waals surface area contributed by atoms with Crippen molar-refractivity contribution in [3.05, 3.63) is 35.9 Å². The lowest BCUT2D eigenvalue weighted by Gasteiger charge is -2.28. The maximum atomic E-state index is 13.8. The standard InChI is InChI=1S/C25H29N3O6S.ClH/c1-30-19-6-7-20(31-2)23-22(19)26-25(35-23)28(9-3-8-27-10-12-32-13-11-27)24(29)17-4-5-18-21(16-17)34-15-14-33-18;/h4-7,16H,3,8-15H2,1-2H3;1H. The molecule has 1 aromatic heterocycles. The molecular weight excluding hydrogens is 506 g/mol. The van der Waals surface area contributed by atoms with E-state index in [1.807, 2.05) is 12.1 Å². The van der Waals surface area contributed by atoms with E-state index in [1.165, 1.54) is 11.3 Å². The molecule has 194 valence electrons. The predicted molar refractivity (Wildman–Crippen MR) is 141 cm³/mol. The summed E-state index contributed by atoms with van der Waals surface area (Å²) in [4.78, 5) is 22.7. The average molecular weight is 536 g/mol. The van der Waals surface area contributed by atoms with Crippen LogP contribution in [0, 0.1) is 0 Å². The number of halogens is 1. The van der Waals surface area contributed by atoms with Gasteiger partial charge in [0.1, 0.15) is 34.9 Å². The highest BCUT2D eigenvalue weighted by Gasteiger charge is 2.25. The lowest BCUT2D eigenvalue weighted by molar-refractivity contribution is 0.0376. The molecule has 0 bridgehead atoms. The highest BCUT2D eigenvalue weighted by Crippen LogP contribution is 2.41. The van der Waals surface area contributed by atoms with Crippen LogP contribution in [-0.2, 0) is 4.74 Å². The highest BCUT2D eigenvalue weighted by molar-refractivity contribution is 7.22. The van der Waals surface area contributed by atoms with Gasteiger partial charge < -0.3 is 23.7 Å². The SMILES string of the molecule is COc1ccc(OC)c2sc(N(CCCN3CCOCC3)C(=O)c3ccc4c(c3)OCCO4)nc12.Cl. The van der Waals surface area contributed by atoms with Gasteiger partial charge >= 0.3 is 0 Å². The number of benzene rings is 2. The Labute approximate surface area is 220 Å². The second-order valence-electron chi connectivity index (χ2n) is 8.27. The lowest BCUT2D eigenvalue weighted by Crippen LogP contribution is -2.39. The van der Waals surface area contributed by atoms with Gasteiger partial charge in [0, 0.05) is 31.7 Å². The minimum Gasteiger partial charge on any atom is -0.495 e. The number of amides is 1. The molecule has 1 fully saturated rings. The Bertz CT molecular complexity index is 1160. The van der Waals surface area contributed by atoms with Gasteiger partial charge in [-0.1, -0.05) is 11.3 Å². The fourth-order valence-corrected chi connectivity index (χ4v) is 5.38. The van der Waals surface area contributed by atoms with Gasteiger partial charge in [-0.15, -0.1) is 12.4 Å². The van der Waals surface area contributed by atoms with Crippen LogP contribution in [0.25, 0.3) is 10.2 Å². The first-order chi connectivity index (χ1) is 17.2. The number of morpholine rings is 1. The number of hydrogen-bond donors (Lipinski definition) is 0. The number of aromatic nitrogens is 1. The first kappa shape index (κ1) is 26.3. The van der Waals surface area contributed by atoms with E-state index in [4.69, 9.17) is 28.7 Å². The largest absolute Gasteiger partial charge is 0.495 e. The molecule has 0 radical (unpaired) electrons. The van der Waals surface area contributed by atoms with Crippen LogP contribution in [0.1, 0.15) is 16.8 Å². The minimum absolute atomic E-state index is 0. The van der Waals surface area contributed by atoms with Gasteiger partial charge in [0.2, 0.25) is 0 Å². The second kappa shape index (κ2) is 12.0. The Hall–Kier alpha value is -2.79. The number of carbonyl (C=O) groups is 1. The van der Waals surface area contributed by atoms with Crippen molar-refractivity contribution in [1.82, 2.24) is 9.88 Å². The van der Waals surface area contributed by atoms with Crippen molar-refractivity contribution in [1.29, 1.82) is 0 Å². The van der Waals surface area contributed by atoms with Crippen molar-refractivity contribution in [2.75, 3.05) is 71.7 Å². The molecule has 9 nitrogen and oxygen atoms in total. The maximum absolute atomic E-state index is 13.8. The summed E-state index contributed by atoms with van der Waals surface area (Å²) in [7, 11) is 3.24. The zero-order chi connectivity index (χ0) is 24.2. The molecular formula is C25H30ClN3O6S. The third-order valence-electron chi connectivity index (χ3n) is 6.12. The topological polar surface area (TPSA) is 82.6 Å². The molecule has 0 atom stereocenters. The number of rotatable bonds is 8. The van der Waals surface area contributed by atoms with Gasteiger partial charge in [0.25, 0.3) is 5.91 Å². The first-order valence-electron chi connectivity index (χ1n) is 11.7. The van der Waals surface area contributed by atoms with E-state index in [9.17, 15) is 4.79 Å². The zero-order valence-electron chi connectivity index (χ0n) is 20.4. The zero-order valence-corrected chi connectivity index (χ0v) is 22.0. The van der Waals surface area contributed by atoms with Crippen molar-refractivity contribution < 1.29 is 28.5 Å². The average Bonchev–Trinajstić information content (AvgIpc) is 3.35. The lowest BCUT2D eigenvalue weighted by atomic mass is 10.1. The summed E-state index contributed by atoms with van der Waals surface area (Å²) in [6.07, 6.45) is 0.806. The Morgan fingerprint density at radius 2 is 1.75 bits per heavy atom. The van der Waals surface area contributed by atoms with Crippen LogP contribution in [-0.4, -0.2) is 82.6 Å². The van der Waals surface area contributed by atoms with E-state index in [1.54, 1.807) is 37.3 Å². The molecule has 3 aromatic rings. The van der Waals surface area contributed by atoms with E-state index < -0.39 is 0 Å². The summed E-state index contributed by atoms with van der Waals surface area (Å²) in [6, 6.07) is 9.00. The number of nitrogens with zero attached hydrogens (tertiary/aromatic N) is 3. The number of anilines is 1. The molecule has 5 rings (SSSR count). The van der Waals surface area contributed by atoms with Gasteiger partial charge in [0.15, 0.2) is 16.6 Å². The molecule has 0 unspecified atom stereocenters. The van der Waals surface area contributed by atoms with Crippen LogP contribution >= 0.6 is 23.7 Å². The molecule has 2 aromatic carbocycles. The van der Waals surface area contributed by atoms with E-state index >= 15 is 0 Å². The van der Waals surface area contributed by atoms with Crippen LogP contribution in [0.4, 0.5) is 5.13 Å². The summed E-state index contributed by atoms with van der Waals surface area (Å²) in [5.41, 5.74) is 1.21. The molecule has 0 aliphatic carbocycles. The number of carbonyl (C=O) groups excluding carboxylic acids is 1. The Morgan fingerprint density at radius 3 is 2.50 bits per heavy atom. The number of thiazole rings is 1. The number of ether oxygens (including phenoxy) is 5. The third kappa shape index (κ3) is 5.46. The molecule has 0 N–H and O–H groups in total. The summed E-state index contributed by atoms with van der Waals surface area (Å²) in [5.74, 6) is 2.44. The van der Waals surface area contributed by atoms with Gasteiger partial charge in [0.05, 0.1) is 27.4 Å². The van der Waals surface area contributed by atoms with Crippen molar-refractivity contribution in [2.24, 2.45) is 0 Å². The summed E-state index contributed by atoms with van der Waals surface area (Å²) in [6.45, 7) is 5.68.